The van der Waals surface area contributed by atoms with Gasteiger partial charge < -0.3 is 10.0 Å². The van der Waals surface area contributed by atoms with Crippen molar-refractivity contribution in [3.8, 4) is 0 Å². The van der Waals surface area contributed by atoms with Crippen LogP contribution in [0.25, 0.3) is 6.08 Å². The SMILES string of the molecule is O=C(O)/C=C/c1ccc(Br)cc1N1CCCC1. The Kier molecular flexibility index (Phi) is 3.84. The van der Waals surface area contributed by atoms with Gasteiger partial charge in [-0.15, -0.1) is 0 Å². The Morgan fingerprint density at radius 3 is 2.71 bits per heavy atom. The smallest absolute Gasteiger partial charge is 0.328 e. The first kappa shape index (κ1) is 12.2. The lowest BCUT2D eigenvalue weighted by molar-refractivity contribution is -0.131. The highest BCUT2D eigenvalue weighted by molar-refractivity contribution is 9.10. The maximum atomic E-state index is 10.6. The van der Waals surface area contributed by atoms with Crippen LogP contribution in [-0.2, 0) is 4.79 Å². The highest BCUT2D eigenvalue weighted by atomic mass is 79.9. The number of carboxylic acid groups (broad SMARTS) is 1. The van der Waals surface area contributed by atoms with Crippen LogP contribution in [0.3, 0.4) is 0 Å². The molecule has 0 unspecified atom stereocenters. The summed E-state index contributed by atoms with van der Waals surface area (Å²) in [6.07, 6.45) is 5.24. The summed E-state index contributed by atoms with van der Waals surface area (Å²) in [5.41, 5.74) is 2.06. The van der Waals surface area contributed by atoms with E-state index in [1.165, 1.54) is 18.9 Å². The molecule has 1 aliphatic heterocycles. The Labute approximate surface area is 109 Å². The fourth-order valence-electron chi connectivity index (χ4n) is 2.05. The second kappa shape index (κ2) is 5.36. The number of anilines is 1. The van der Waals surface area contributed by atoms with Gasteiger partial charge in [-0.1, -0.05) is 22.0 Å². The quantitative estimate of drug-likeness (QED) is 0.871. The average Bonchev–Trinajstić information content (AvgIpc) is 2.80. The van der Waals surface area contributed by atoms with Crippen LogP contribution >= 0.6 is 15.9 Å². The molecule has 1 saturated heterocycles. The molecule has 0 amide bonds. The predicted octanol–water partition coefficient (Wildman–Crippen LogP) is 3.15. The van der Waals surface area contributed by atoms with Crippen LogP contribution in [0, 0.1) is 0 Å². The van der Waals surface area contributed by atoms with Gasteiger partial charge in [-0.05, 0) is 36.6 Å². The Morgan fingerprint density at radius 2 is 2.06 bits per heavy atom. The minimum atomic E-state index is -0.916. The van der Waals surface area contributed by atoms with E-state index in [2.05, 4.69) is 20.8 Å². The Morgan fingerprint density at radius 1 is 1.35 bits per heavy atom. The molecule has 0 saturated carbocycles. The van der Waals surface area contributed by atoms with Crippen molar-refractivity contribution in [2.24, 2.45) is 0 Å². The fraction of sp³-hybridized carbons (Fsp3) is 0.308. The summed E-state index contributed by atoms with van der Waals surface area (Å²) in [5.74, 6) is -0.916. The fourth-order valence-corrected chi connectivity index (χ4v) is 2.40. The number of hydrogen-bond donors (Lipinski definition) is 1. The van der Waals surface area contributed by atoms with Crippen molar-refractivity contribution in [3.05, 3.63) is 34.3 Å². The lowest BCUT2D eigenvalue weighted by Crippen LogP contribution is -2.18. The first-order chi connectivity index (χ1) is 8.16. The van der Waals surface area contributed by atoms with E-state index < -0.39 is 5.97 Å². The van der Waals surface area contributed by atoms with Crippen LogP contribution in [0.5, 0.6) is 0 Å². The van der Waals surface area contributed by atoms with Crippen LogP contribution in [-0.4, -0.2) is 24.2 Å². The Balaban J connectivity index is 2.33. The molecular formula is C13H14BrNO2. The number of halogens is 1. The molecular weight excluding hydrogens is 282 g/mol. The summed E-state index contributed by atoms with van der Waals surface area (Å²) in [5, 5.41) is 8.68. The van der Waals surface area contributed by atoms with E-state index in [9.17, 15) is 4.79 Å². The maximum absolute atomic E-state index is 10.6. The summed E-state index contributed by atoms with van der Waals surface area (Å²) in [4.78, 5) is 12.9. The molecule has 90 valence electrons. The van der Waals surface area contributed by atoms with Crippen molar-refractivity contribution < 1.29 is 9.90 Å². The van der Waals surface area contributed by atoms with Crippen LogP contribution in [0.4, 0.5) is 5.69 Å². The molecule has 3 nitrogen and oxygen atoms in total. The summed E-state index contributed by atoms with van der Waals surface area (Å²) < 4.78 is 1.02. The zero-order valence-electron chi connectivity index (χ0n) is 9.40. The summed E-state index contributed by atoms with van der Waals surface area (Å²) in [6.45, 7) is 2.09. The van der Waals surface area contributed by atoms with Crippen molar-refractivity contribution in [1.29, 1.82) is 0 Å². The molecule has 1 aromatic carbocycles. The third kappa shape index (κ3) is 3.09. The number of carboxylic acids is 1. The molecule has 2 rings (SSSR count). The second-order valence-corrected chi connectivity index (χ2v) is 4.98. The van der Waals surface area contributed by atoms with E-state index in [4.69, 9.17) is 5.11 Å². The van der Waals surface area contributed by atoms with Crippen molar-refractivity contribution in [1.82, 2.24) is 0 Å². The number of aliphatic carboxylic acids is 1. The largest absolute Gasteiger partial charge is 0.478 e. The lowest BCUT2D eigenvalue weighted by Gasteiger charge is -2.20. The zero-order chi connectivity index (χ0) is 12.3. The summed E-state index contributed by atoms with van der Waals surface area (Å²) in [7, 11) is 0. The second-order valence-electron chi connectivity index (χ2n) is 4.07. The molecule has 0 bridgehead atoms. The summed E-state index contributed by atoms with van der Waals surface area (Å²) in [6, 6.07) is 5.92. The number of nitrogens with zero attached hydrogens (tertiary/aromatic N) is 1. The van der Waals surface area contributed by atoms with Crippen LogP contribution in [0.15, 0.2) is 28.7 Å². The number of rotatable bonds is 3. The maximum Gasteiger partial charge on any atom is 0.328 e. The molecule has 0 radical (unpaired) electrons. The first-order valence-electron chi connectivity index (χ1n) is 5.62. The Hall–Kier alpha value is -1.29. The molecule has 1 heterocycles. The summed E-state index contributed by atoms with van der Waals surface area (Å²) >= 11 is 3.46. The molecule has 4 heteroatoms. The van der Waals surface area contributed by atoms with Gasteiger partial charge in [0.15, 0.2) is 0 Å². The van der Waals surface area contributed by atoms with Crippen molar-refractivity contribution in [2.45, 2.75) is 12.8 Å². The third-order valence-corrected chi connectivity index (χ3v) is 3.34. The standard InChI is InChI=1S/C13H14BrNO2/c14-11-5-3-10(4-6-13(16)17)12(9-11)15-7-1-2-8-15/h3-6,9H,1-2,7-8H2,(H,16,17)/b6-4+. The number of benzene rings is 1. The van der Waals surface area contributed by atoms with Gasteiger partial charge in [0.25, 0.3) is 0 Å². The van der Waals surface area contributed by atoms with Gasteiger partial charge in [-0.25, -0.2) is 4.79 Å². The van der Waals surface area contributed by atoms with E-state index in [0.29, 0.717) is 0 Å². The number of carbonyl (C=O) groups is 1. The molecule has 0 aliphatic carbocycles. The van der Waals surface area contributed by atoms with E-state index >= 15 is 0 Å². The van der Waals surface area contributed by atoms with Crippen LogP contribution in [0.1, 0.15) is 18.4 Å². The van der Waals surface area contributed by atoms with Crippen LogP contribution < -0.4 is 4.90 Å². The molecule has 1 aromatic rings. The monoisotopic (exact) mass is 295 g/mol. The lowest BCUT2D eigenvalue weighted by atomic mass is 10.1. The highest BCUT2D eigenvalue weighted by Gasteiger charge is 2.15. The molecule has 0 atom stereocenters. The highest BCUT2D eigenvalue weighted by Crippen LogP contribution is 2.28. The topological polar surface area (TPSA) is 40.5 Å². The van der Waals surface area contributed by atoms with E-state index in [1.54, 1.807) is 6.08 Å². The first-order valence-corrected chi connectivity index (χ1v) is 6.41. The predicted molar refractivity (Wildman–Crippen MR) is 72.3 cm³/mol. The van der Waals surface area contributed by atoms with Gasteiger partial charge >= 0.3 is 5.97 Å². The van der Waals surface area contributed by atoms with E-state index in [1.807, 2.05) is 18.2 Å². The molecule has 0 spiro atoms. The van der Waals surface area contributed by atoms with Crippen molar-refractivity contribution in [2.75, 3.05) is 18.0 Å². The van der Waals surface area contributed by atoms with Crippen molar-refractivity contribution in [3.63, 3.8) is 0 Å². The zero-order valence-corrected chi connectivity index (χ0v) is 11.0. The van der Waals surface area contributed by atoms with Gasteiger partial charge in [0.05, 0.1) is 0 Å². The minimum Gasteiger partial charge on any atom is -0.478 e. The average molecular weight is 296 g/mol. The van der Waals surface area contributed by atoms with Gasteiger partial charge in [0.1, 0.15) is 0 Å². The van der Waals surface area contributed by atoms with E-state index in [-0.39, 0.29) is 0 Å². The minimum absolute atomic E-state index is 0.916. The van der Waals surface area contributed by atoms with Gasteiger partial charge in [-0.3, -0.25) is 0 Å². The van der Waals surface area contributed by atoms with E-state index in [0.717, 1.165) is 28.8 Å². The molecule has 0 aromatic heterocycles. The van der Waals surface area contributed by atoms with Crippen LogP contribution in [0.2, 0.25) is 0 Å². The van der Waals surface area contributed by atoms with Gasteiger partial charge in [0.2, 0.25) is 0 Å². The molecule has 1 N–H and O–H groups in total. The molecule has 17 heavy (non-hydrogen) atoms. The van der Waals surface area contributed by atoms with Gasteiger partial charge in [0, 0.05) is 29.3 Å². The van der Waals surface area contributed by atoms with Crippen molar-refractivity contribution >= 4 is 33.7 Å². The normalized spacial score (nSPS) is 15.7. The van der Waals surface area contributed by atoms with Gasteiger partial charge in [-0.2, -0.15) is 0 Å². The molecule has 1 aliphatic rings. The molecule has 1 fully saturated rings. The number of hydrogen-bond acceptors (Lipinski definition) is 2. The Bertz CT molecular complexity index is 451. The third-order valence-electron chi connectivity index (χ3n) is 2.84.